The Hall–Kier alpha value is -2.26. The minimum atomic E-state index is -0.861. The third-order valence-electron chi connectivity index (χ3n) is 6.59. The molecule has 1 aliphatic heterocycles. The zero-order chi connectivity index (χ0) is 20.1. The molecule has 2 fully saturated rings. The Balaban J connectivity index is 1.45. The van der Waals surface area contributed by atoms with Crippen LogP contribution >= 0.6 is 0 Å². The largest absolute Gasteiger partial charge is 0.378 e. The van der Waals surface area contributed by atoms with Gasteiger partial charge >= 0.3 is 0 Å². The smallest absolute Gasteiger partial charge is 0.243 e. The lowest BCUT2D eigenvalue weighted by molar-refractivity contribution is -0.179. The predicted molar refractivity (Wildman–Crippen MR) is 106 cm³/mol. The standard InChI is InChI=1S/C19H29N7O2/c1-5-28-14-10-19(20,18(14,2)3)17(27)26-8-6-25(7-9-26)16-13-11-23-24(4)15(13)21-12-22-16/h11-12,14H,5-10,20H2,1-4H3. The van der Waals surface area contributed by atoms with Crippen LogP contribution in [0.25, 0.3) is 11.0 Å². The number of fused-ring (bicyclic) bond motifs is 1. The van der Waals surface area contributed by atoms with Crippen LogP contribution in [0.3, 0.4) is 0 Å². The number of anilines is 1. The third kappa shape index (κ3) is 2.68. The van der Waals surface area contributed by atoms with Gasteiger partial charge in [0.05, 0.1) is 17.7 Å². The van der Waals surface area contributed by atoms with Crippen LogP contribution < -0.4 is 10.6 Å². The van der Waals surface area contributed by atoms with E-state index in [0.29, 0.717) is 39.2 Å². The summed E-state index contributed by atoms with van der Waals surface area (Å²) in [5, 5.41) is 5.21. The molecule has 152 valence electrons. The Labute approximate surface area is 164 Å². The summed E-state index contributed by atoms with van der Waals surface area (Å²) in [4.78, 5) is 26.1. The van der Waals surface area contributed by atoms with Gasteiger partial charge in [-0.3, -0.25) is 9.48 Å². The van der Waals surface area contributed by atoms with Gasteiger partial charge in [0.1, 0.15) is 17.7 Å². The molecule has 9 nitrogen and oxygen atoms in total. The number of carbonyl (C=O) groups is 1. The Morgan fingerprint density at radius 2 is 2.00 bits per heavy atom. The van der Waals surface area contributed by atoms with E-state index in [2.05, 4.69) is 20.0 Å². The molecule has 0 radical (unpaired) electrons. The molecule has 1 saturated carbocycles. The van der Waals surface area contributed by atoms with Crippen molar-refractivity contribution in [3.63, 3.8) is 0 Å². The van der Waals surface area contributed by atoms with Crippen molar-refractivity contribution in [2.24, 2.45) is 18.2 Å². The highest BCUT2D eigenvalue weighted by Gasteiger charge is 2.63. The van der Waals surface area contributed by atoms with Crippen LogP contribution in [0.4, 0.5) is 5.82 Å². The van der Waals surface area contributed by atoms with E-state index in [4.69, 9.17) is 10.5 Å². The SMILES string of the molecule is CCOC1CC(N)(C(=O)N2CCN(c3ncnc4c3cnn4C)CC2)C1(C)C. The molecule has 3 heterocycles. The number of amides is 1. The summed E-state index contributed by atoms with van der Waals surface area (Å²) >= 11 is 0. The van der Waals surface area contributed by atoms with Crippen molar-refractivity contribution in [3.05, 3.63) is 12.5 Å². The van der Waals surface area contributed by atoms with E-state index in [9.17, 15) is 4.79 Å². The molecule has 2 N–H and O–H groups in total. The molecule has 1 saturated heterocycles. The van der Waals surface area contributed by atoms with Gasteiger partial charge in [-0.25, -0.2) is 9.97 Å². The van der Waals surface area contributed by atoms with Gasteiger partial charge in [-0.15, -0.1) is 0 Å². The lowest BCUT2D eigenvalue weighted by Gasteiger charge is -2.59. The molecule has 2 aromatic heterocycles. The van der Waals surface area contributed by atoms with E-state index >= 15 is 0 Å². The highest BCUT2D eigenvalue weighted by atomic mass is 16.5. The first-order valence-electron chi connectivity index (χ1n) is 9.87. The number of aromatic nitrogens is 4. The molecule has 2 unspecified atom stereocenters. The van der Waals surface area contributed by atoms with Gasteiger partial charge in [0.2, 0.25) is 5.91 Å². The van der Waals surface area contributed by atoms with Crippen LogP contribution in [0.1, 0.15) is 27.2 Å². The van der Waals surface area contributed by atoms with Gasteiger partial charge in [-0.2, -0.15) is 5.10 Å². The van der Waals surface area contributed by atoms with E-state index in [0.717, 1.165) is 16.9 Å². The predicted octanol–water partition coefficient (Wildman–Crippen LogP) is 0.544. The van der Waals surface area contributed by atoms with Crippen molar-refractivity contribution in [2.45, 2.75) is 38.8 Å². The first-order valence-corrected chi connectivity index (χ1v) is 9.87. The second-order valence-corrected chi connectivity index (χ2v) is 8.32. The molecular weight excluding hydrogens is 358 g/mol. The molecule has 28 heavy (non-hydrogen) atoms. The molecule has 0 bridgehead atoms. The van der Waals surface area contributed by atoms with E-state index in [-0.39, 0.29) is 17.4 Å². The average molecular weight is 387 g/mol. The Morgan fingerprint density at radius 1 is 1.29 bits per heavy atom. The normalized spacial score (nSPS) is 27.1. The zero-order valence-electron chi connectivity index (χ0n) is 17.1. The number of nitrogens with two attached hydrogens (primary N) is 1. The molecule has 2 atom stereocenters. The van der Waals surface area contributed by atoms with Crippen molar-refractivity contribution < 1.29 is 9.53 Å². The van der Waals surface area contributed by atoms with Gasteiger partial charge in [0, 0.05) is 51.7 Å². The van der Waals surface area contributed by atoms with Crippen molar-refractivity contribution in [3.8, 4) is 0 Å². The second kappa shape index (κ2) is 6.66. The van der Waals surface area contributed by atoms with Crippen LogP contribution in [0.5, 0.6) is 0 Å². The molecule has 2 aliphatic rings. The molecule has 0 aromatic carbocycles. The number of hydrogen-bond acceptors (Lipinski definition) is 7. The van der Waals surface area contributed by atoms with Crippen molar-refractivity contribution in [2.75, 3.05) is 37.7 Å². The topological polar surface area (TPSA) is 102 Å². The fraction of sp³-hybridized carbons (Fsp3) is 0.684. The lowest BCUT2D eigenvalue weighted by atomic mass is 9.54. The highest BCUT2D eigenvalue weighted by molar-refractivity contribution is 5.90. The summed E-state index contributed by atoms with van der Waals surface area (Å²) in [5.41, 5.74) is 6.16. The van der Waals surface area contributed by atoms with E-state index in [1.165, 1.54) is 0 Å². The minimum absolute atomic E-state index is 0.0299. The summed E-state index contributed by atoms with van der Waals surface area (Å²) in [7, 11) is 1.87. The fourth-order valence-electron chi connectivity index (χ4n) is 4.40. The third-order valence-corrected chi connectivity index (χ3v) is 6.59. The van der Waals surface area contributed by atoms with Crippen LogP contribution in [0, 0.1) is 5.41 Å². The van der Waals surface area contributed by atoms with E-state index in [1.807, 2.05) is 32.7 Å². The minimum Gasteiger partial charge on any atom is -0.378 e. The number of piperazine rings is 1. The lowest BCUT2D eigenvalue weighted by Crippen LogP contribution is -2.76. The first-order chi connectivity index (χ1) is 13.3. The molecule has 1 aliphatic carbocycles. The first kappa shape index (κ1) is 19.1. The molecule has 4 rings (SSSR count). The maximum Gasteiger partial charge on any atom is 0.243 e. The van der Waals surface area contributed by atoms with Gasteiger partial charge in [-0.05, 0) is 6.92 Å². The summed E-state index contributed by atoms with van der Waals surface area (Å²) < 4.78 is 7.50. The Kier molecular flexibility index (Phi) is 4.54. The number of nitrogens with zero attached hydrogens (tertiary/aromatic N) is 6. The molecular formula is C19H29N7O2. The molecule has 1 amide bonds. The van der Waals surface area contributed by atoms with Crippen LogP contribution in [0.2, 0.25) is 0 Å². The number of rotatable bonds is 4. The summed E-state index contributed by atoms with van der Waals surface area (Å²) in [5.74, 6) is 0.898. The average Bonchev–Trinajstić information content (AvgIpc) is 3.08. The number of aryl methyl sites for hydroxylation is 1. The summed E-state index contributed by atoms with van der Waals surface area (Å²) in [6.07, 6.45) is 3.97. The maximum atomic E-state index is 13.2. The maximum absolute atomic E-state index is 13.2. The number of ether oxygens (including phenoxy) is 1. The van der Waals surface area contributed by atoms with Gasteiger partial charge < -0.3 is 20.3 Å². The second-order valence-electron chi connectivity index (χ2n) is 8.32. The monoisotopic (exact) mass is 387 g/mol. The fourth-order valence-corrected chi connectivity index (χ4v) is 4.40. The van der Waals surface area contributed by atoms with Gasteiger partial charge in [-0.1, -0.05) is 13.8 Å². The highest BCUT2D eigenvalue weighted by Crippen LogP contribution is 2.50. The quantitative estimate of drug-likeness (QED) is 0.817. The summed E-state index contributed by atoms with van der Waals surface area (Å²) in [6, 6.07) is 0. The van der Waals surface area contributed by atoms with Crippen molar-refractivity contribution in [1.29, 1.82) is 0 Å². The summed E-state index contributed by atoms with van der Waals surface area (Å²) in [6.45, 7) is 9.34. The number of carbonyl (C=O) groups excluding carboxylic acids is 1. The van der Waals surface area contributed by atoms with Crippen LogP contribution in [-0.2, 0) is 16.6 Å². The molecule has 2 aromatic rings. The van der Waals surface area contributed by atoms with Crippen molar-refractivity contribution >= 4 is 22.8 Å². The van der Waals surface area contributed by atoms with Crippen LogP contribution in [0.15, 0.2) is 12.5 Å². The molecule has 0 spiro atoms. The van der Waals surface area contributed by atoms with Crippen LogP contribution in [-0.4, -0.2) is 75.0 Å². The van der Waals surface area contributed by atoms with E-state index in [1.54, 1.807) is 17.2 Å². The van der Waals surface area contributed by atoms with Gasteiger partial charge in [0.25, 0.3) is 0 Å². The Morgan fingerprint density at radius 3 is 2.64 bits per heavy atom. The molecule has 9 heteroatoms. The number of hydrogen-bond donors (Lipinski definition) is 1. The zero-order valence-corrected chi connectivity index (χ0v) is 17.1. The Bertz CT molecular complexity index is 888. The van der Waals surface area contributed by atoms with Gasteiger partial charge in [0.15, 0.2) is 5.65 Å². The van der Waals surface area contributed by atoms with Crippen molar-refractivity contribution in [1.82, 2.24) is 24.6 Å². The van der Waals surface area contributed by atoms with E-state index < -0.39 is 5.54 Å².